The molecule has 1 aliphatic heterocycles. The number of hydrogen-bond acceptors (Lipinski definition) is 7. The van der Waals surface area contributed by atoms with E-state index in [2.05, 4.69) is 25.9 Å². The zero-order chi connectivity index (χ0) is 24.9. The molecule has 2 amide bonds. The van der Waals surface area contributed by atoms with E-state index in [0.717, 1.165) is 78.7 Å². The van der Waals surface area contributed by atoms with Crippen LogP contribution in [0.3, 0.4) is 0 Å². The van der Waals surface area contributed by atoms with Crippen molar-refractivity contribution in [3.63, 3.8) is 0 Å². The average molecular weight is 508 g/mol. The SMILES string of the molecule is Cc1ncc(-c2ccc3nc(NC(=O)CC4CCNCC4)sc3c2)cc1NC(=O)OC1CCCCC1. The Bertz CT molecular complexity index is 1230. The molecular formula is C27H33N5O3S. The van der Waals surface area contributed by atoms with Gasteiger partial charge in [-0.05, 0) is 88.2 Å². The first-order chi connectivity index (χ1) is 17.5. The van der Waals surface area contributed by atoms with E-state index in [0.29, 0.717) is 23.2 Å². The highest BCUT2D eigenvalue weighted by molar-refractivity contribution is 7.22. The predicted molar refractivity (Wildman–Crippen MR) is 143 cm³/mol. The number of pyridine rings is 1. The van der Waals surface area contributed by atoms with Crippen LogP contribution in [0.1, 0.15) is 57.1 Å². The van der Waals surface area contributed by atoms with Crippen LogP contribution in [0.2, 0.25) is 0 Å². The fourth-order valence-electron chi connectivity index (χ4n) is 4.97. The number of carbonyl (C=O) groups excluding carboxylic acids is 2. The number of aryl methyl sites for hydroxylation is 1. The molecule has 0 radical (unpaired) electrons. The Kier molecular flexibility index (Phi) is 7.77. The number of piperidine rings is 1. The van der Waals surface area contributed by atoms with E-state index in [1.165, 1.54) is 17.8 Å². The highest BCUT2D eigenvalue weighted by atomic mass is 32.1. The lowest BCUT2D eigenvalue weighted by atomic mass is 9.94. The van der Waals surface area contributed by atoms with Gasteiger partial charge in [0.15, 0.2) is 5.13 Å². The summed E-state index contributed by atoms with van der Waals surface area (Å²) in [4.78, 5) is 34.1. The van der Waals surface area contributed by atoms with Crippen molar-refractivity contribution < 1.29 is 14.3 Å². The molecule has 9 heteroatoms. The molecule has 2 fully saturated rings. The maximum Gasteiger partial charge on any atom is 0.411 e. The van der Waals surface area contributed by atoms with Crippen LogP contribution in [0, 0.1) is 12.8 Å². The molecule has 0 unspecified atom stereocenters. The van der Waals surface area contributed by atoms with Crippen LogP contribution in [0.15, 0.2) is 30.5 Å². The largest absolute Gasteiger partial charge is 0.446 e. The second-order valence-corrected chi connectivity index (χ2v) is 10.8. The van der Waals surface area contributed by atoms with Crippen molar-refractivity contribution in [2.75, 3.05) is 23.7 Å². The van der Waals surface area contributed by atoms with Crippen LogP contribution in [-0.4, -0.2) is 41.2 Å². The molecule has 1 saturated carbocycles. The van der Waals surface area contributed by atoms with E-state index in [4.69, 9.17) is 4.74 Å². The van der Waals surface area contributed by atoms with Gasteiger partial charge in [-0.25, -0.2) is 9.78 Å². The Morgan fingerprint density at radius 1 is 1.06 bits per heavy atom. The van der Waals surface area contributed by atoms with Crippen LogP contribution in [-0.2, 0) is 9.53 Å². The summed E-state index contributed by atoms with van der Waals surface area (Å²) in [6, 6.07) is 7.91. The van der Waals surface area contributed by atoms with Crippen molar-refractivity contribution in [3.05, 3.63) is 36.2 Å². The first-order valence-electron chi connectivity index (χ1n) is 12.9. The molecule has 5 rings (SSSR count). The van der Waals surface area contributed by atoms with Gasteiger partial charge in [-0.15, -0.1) is 0 Å². The lowest BCUT2D eigenvalue weighted by molar-refractivity contribution is -0.117. The van der Waals surface area contributed by atoms with Crippen molar-refractivity contribution in [3.8, 4) is 11.1 Å². The molecule has 3 N–H and O–H groups in total. The van der Waals surface area contributed by atoms with Crippen molar-refractivity contribution in [2.45, 2.75) is 64.4 Å². The smallest absolute Gasteiger partial charge is 0.411 e. The second kappa shape index (κ2) is 11.3. The fraction of sp³-hybridized carbons (Fsp3) is 0.481. The summed E-state index contributed by atoms with van der Waals surface area (Å²) in [6.07, 6.45) is 9.28. The number of amides is 2. The molecular weight excluding hydrogens is 474 g/mol. The number of thiazole rings is 1. The number of nitrogens with one attached hydrogen (secondary N) is 3. The molecule has 2 aromatic heterocycles. The van der Waals surface area contributed by atoms with Crippen LogP contribution in [0.5, 0.6) is 0 Å². The molecule has 2 aliphatic rings. The Morgan fingerprint density at radius 2 is 1.86 bits per heavy atom. The first kappa shape index (κ1) is 24.6. The summed E-state index contributed by atoms with van der Waals surface area (Å²) in [5.74, 6) is 0.462. The summed E-state index contributed by atoms with van der Waals surface area (Å²) in [6.45, 7) is 3.83. The van der Waals surface area contributed by atoms with Gasteiger partial charge in [0.1, 0.15) is 6.10 Å². The topological polar surface area (TPSA) is 105 Å². The molecule has 0 bridgehead atoms. The van der Waals surface area contributed by atoms with Gasteiger partial charge >= 0.3 is 6.09 Å². The number of ether oxygens (including phenoxy) is 1. The molecule has 8 nitrogen and oxygen atoms in total. The zero-order valence-corrected chi connectivity index (χ0v) is 21.5. The summed E-state index contributed by atoms with van der Waals surface area (Å²) in [5.41, 5.74) is 4.08. The van der Waals surface area contributed by atoms with E-state index in [9.17, 15) is 9.59 Å². The van der Waals surface area contributed by atoms with Gasteiger partial charge in [0.2, 0.25) is 5.91 Å². The minimum absolute atomic E-state index is 0.00158. The lowest BCUT2D eigenvalue weighted by Gasteiger charge is -2.22. The average Bonchev–Trinajstić information content (AvgIpc) is 3.28. The number of carbonyl (C=O) groups is 2. The molecule has 0 spiro atoms. The van der Waals surface area contributed by atoms with Crippen molar-refractivity contribution in [1.82, 2.24) is 15.3 Å². The Balaban J connectivity index is 1.26. The summed E-state index contributed by atoms with van der Waals surface area (Å²) in [5, 5.41) is 9.82. The van der Waals surface area contributed by atoms with Gasteiger partial charge in [-0.3, -0.25) is 15.1 Å². The fourth-order valence-corrected chi connectivity index (χ4v) is 5.89. The van der Waals surface area contributed by atoms with Crippen LogP contribution >= 0.6 is 11.3 Å². The summed E-state index contributed by atoms with van der Waals surface area (Å²) >= 11 is 1.47. The minimum atomic E-state index is -0.424. The monoisotopic (exact) mass is 507 g/mol. The molecule has 1 aliphatic carbocycles. The number of nitrogens with zero attached hydrogens (tertiary/aromatic N) is 2. The summed E-state index contributed by atoms with van der Waals surface area (Å²) < 4.78 is 6.60. The molecule has 1 saturated heterocycles. The van der Waals surface area contributed by atoms with Gasteiger partial charge in [-0.2, -0.15) is 0 Å². The van der Waals surface area contributed by atoms with E-state index in [1.807, 2.05) is 31.2 Å². The van der Waals surface area contributed by atoms with E-state index in [1.54, 1.807) is 6.20 Å². The number of anilines is 2. The van der Waals surface area contributed by atoms with Crippen LogP contribution in [0.25, 0.3) is 21.3 Å². The van der Waals surface area contributed by atoms with Gasteiger partial charge in [0.25, 0.3) is 0 Å². The maximum atomic E-state index is 12.5. The molecule has 0 atom stereocenters. The molecule has 3 heterocycles. The highest BCUT2D eigenvalue weighted by Crippen LogP contribution is 2.32. The highest BCUT2D eigenvalue weighted by Gasteiger charge is 2.19. The first-order valence-corrected chi connectivity index (χ1v) is 13.7. The van der Waals surface area contributed by atoms with E-state index >= 15 is 0 Å². The number of hydrogen-bond donors (Lipinski definition) is 3. The van der Waals surface area contributed by atoms with Gasteiger partial charge < -0.3 is 15.4 Å². The molecule has 3 aromatic rings. The van der Waals surface area contributed by atoms with Gasteiger partial charge in [0.05, 0.1) is 21.6 Å². The van der Waals surface area contributed by atoms with Crippen molar-refractivity contribution >= 4 is 44.4 Å². The van der Waals surface area contributed by atoms with Crippen LogP contribution < -0.4 is 16.0 Å². The Hall–Kier alpha value is -3.04. The van der Waals surface area contributed by atoms with E-state index in [-0.39, 0.29) is 12.0 Å². The molecule has 190 valence electrons. The third-order valence-electron chi connectivity index (χ3n) is 7.05. The van der Waals surface area contributed by atoms with Crippen molar-refractivity contribution in [1.29, 1.82) is 0 Å². The van der Waals surface area contributed by atoms with Gasteiger partial charge in [-0.1, -0.05) is 23.8 Å². The lowest BCUT2D eigenvalue weighted by Crippen LogP contribution is -2.30. The number of aromatic nitrogens is 2. The number of fused-ring (bicyclic) bond motifs is 1. The Labute approximate surface area is 215 Å². The predicted octanol–water partition coefficient (Wildman–Crippen LogP) is 5.88. The van der Waals surface area contributed by atoms with Crippen molar-refractivity contribution in [2.24, 2.45) is 5.92 Å². The second-order valence-electron chi connectivity index (χ2n) is 9.79. The maximum absolute atomic E-state index is 12.5. The molecule has 1 aromatic carbocycles. The minimum Gasteiger partial charge on any atom is -0.446 e. The Morgan fingerprint density at radius 3 is 2.67 bits per heavy atom. The third kappa shape index (κ3) is 6.20. The van der Waals surface area contributed by atoms with Gasteiger partial charge in [0, 0.05) is 18.2 Å². The molecule has 36 heavy (non-hydrogen) atoms. The number of rotatable bonds is 6. The normalized spacial score (nSPS) is 17.1. The quantitative estimate of drug-likeness (QED) is 0.385. The van der Waals surface area contributed by atoms with E-state index < -0.39 is 6.09 Å². The zero-order valence-electron chi connectivity index (χ0n) is 20.6. The summed E-state index contributed by atoms with van der Waals surface area (Å²) in [7, 11) is 0. The standard InChI is InChI=1S/C27H33N5O3S/c1-17-23(31-27(34)35-21-5-3-2-4-6-21)14-20(16-29-17)19-7-8-22-24(15-19)36-26(30-22)32-25(33)13-18-9-11-28-12-10-18/h7-8,14-16,18,21,28H,2-6,9-13H2,1H3,(H,31,34)(H,30,32,33). The van der Waals surface area contributed by atoms with Crippen LogP contribution in [0.4, 0.5) is 15.6 Å². The number of benzene rings is 1. The third-order valence-corrected chi connectivity index (χ3v) is 7.98.